The van der Waals surface area contributed by atoms with Gasteiger partial charge >= 0.3 is 0 Å². The van der Waals surface area contributed by atoms with Gasteiger partial charge in [-0.2, -0.15) is 0 Å². The highest BCUT2D eigenvalue weighted by molar-refractivity contribution is 6.35. The first-order chi connectivity index (χ1) is 9.10. The third-order valence-electron chi connectivity index (χ3n) is 4.23. The van der Waals surface area contributed by atoms with Crippen molar-refractivity contribution in [3.8, 4) is 0 Å². The highest BCUT2D eigenvalue weighted by Crippen LogP contribution is 2.33. The lowest BCUT2D eigenvalue weighted by Crippen LogP contribution is -2.38. The van der Waals surface area contributed by atoms with E-state index in [1.54, 1.807) is 18.2 Å². The van der Waals surface area contributed by atoms with Gasteiger partial charge in [-0.05, 0) is 49.8 Å². The Morgan fingerprint density at radius 1 is 1.11 bits per heavy atom. The number of hydrogen-bond acceptors (Lipinski definition) is 2. The van der Waals surface area contributed by atoms with Gasteiger partial charge < -0.3 is 5.32 Å². The van der Waals surface area contributed by atoms with Crippen molar-refractivity contribution >= 4 is 29.0 Å². The zero-order chi connectivity index (χ0) is 13.4. The molecule has 3 atom stereocenters. The molecule has 1 N–H and O–H groups in total. The van der Waals surface area contributed by atoms with E-state index in [1.165, 1.54) is 12.8 Å². The van der Waals surface area contributed by atoms with Crippen LogP contribution in [0.1, 0.15) is 42.5 Å². The minimum atomic E-state index is 0.163. The van der Waals surface area contributed by atoms with Gasteiger partial charge in [-0.1, -0.05) is 23.2 Å². The second kappa shape index (κ2) is 5.43. The van der Waals surface area contributed by atoms with Gasteiger partial charge in [-0.3, -0.25) is 4.79 Å². The number of carbonyl (C=O) groups is 1. The average Bonchev–Trinajstić information content (AvgIpc) is 2.67. The van der Waals surface area contributed by atoms with E-state index in [4.69, 9.17) is 23.2 Å². The summed E-state index contributed by atoms with van der Waals surface area (Å²) in [5, 5.41) is 4.66. The molecule has 4 heteroatoms. The number of carbonyl (C=O) groups excluding carboxylic acids is 1. The van der Waals surface area contributed by atoms with E-state index in [1.807, 2.05) is 0 Å². The lowest BCUT2D eigenvalue weighted by Gasteiger charge is -2.28. The lowest BCUT2D eigenvalue weighted by atomic mass is 9.87. The molecular weight excluding hydrogens is 281 g/mol. The molecule has 2 aliphatic heterocycles. The summed E-state index contributed by atoms with van der Waals surface area (Å²) in [5.41, 5.74) is 0.642. The fourth-order valence-electron chi connectivity index (χ4n) is 3.44. The Labute approximate surface area is 123 Å². The molecule has 3 rings (SSSR count). The van der Waals surface area contributed by atoms with Crippen molar-refractivity contribution in [2.24, 2.45) is 5.92 Å². The zero-order valence-corrected chi connectivity index (χ0v) is 12.2. The van der Waals surface area contributed by atoms with Crippen LogP contribution < -0.4 is 5.32 Å². The monoisotopic (exact) mass is 297 g/mol. The number of benzene rings is 1. The van der Waals surface area contributed by atoms with Gasteiger partial charge in [0.2, 0.25) is 0 Å². The van der Waals surface area contributed by atoms with Crippen molar-refractivity contribution < 1.29 is 4.79 Å². The molecule has 0 radical (unpaired) electrons. The number of rotatable bonds is 3. The largest absolute Gasteiger partial charge is 0.311 e. The Kier molecular flexibility index (Phi) is 3.84. The Hall–Kier alpha value is -0.570. The van der Waals surface area contributed by atoms with Crippen LogP contribution in [0.5, 0.6) is 0 Å². The van der Waals surface area contributed by atoms with Crippen LogP contribution in [-0.4, -0.2) is 17.9 Å². The van der Waals surface area contributed by atoms with Crippen molar-refractivity contribution in [3.63, 3.8) is 0 Å². The van der Waals surface area contributed by atoms with Crippen molar-refractivity contribution in [2.75, 3.05) is 0 Å². The van der Waals surface area contributed by atoms with Crippen LogP contribution in [-0.2, 0) is 0 Å². The maximum Gasteiger partial charge on any atom is 0.163 e. The summed E-state index contributed by atoms with van der Waals surface area (Å²) in [6.45, 7) is 0. The molecular formula is C15H17Cl2NO. The lowest BCUT2D eigenvalue weighted by molar-refractivity contribution is 0.0945. The first-order valence-corrected chi connectivity index (χ1v) is 7.61. The van der Waals surface area contributed by atoms with Crippen LogP contribution in [0, 0.1) is 5.92 Å². The van der Waals surface area contributed by atoms with Gasteiger partial charge in [0.25, 0.3) is 0 Å². The molecule has 1 aromatic rings. The van der Waals surface area contributed by atoms with Gasteiger partial charge in [-0.25, -0.2) is 0 Å². The molecule has 0 aliphatic carbocycles. The van der Waals surface area contributed by atoms with E-state index in [0.717, 1.165) is 12.8 Å². The molecule has 0 amide bonds. The molecule has 2 fully saturated rings. The van der Waals surface area contributed by atoms with Crippen molar-refractivity contribution in [1.82, 2.24) is 5.32 Å². The Morgan fingerprint density at radius 3 is 2.26 bits per heavy atom. The minimum absolute atomic E-state index is 0.163. The molecule has 2 aliphatic rings. The molecule has 2 nitrogen and oxygen atoms in total. The normalized spacial score (nSPS) is 29.5. The fourth-order valence-corrected chi connectivity index (χ4v) is 3.96. The number of fused-ring (bicyclic) bond motifs is 2. The Balaban J connectivity index is 1.67. The molecule has 19 heavy (non-hydrogen) atoms. The van der Waals surface area contributed by atoms with Crippen LogP contribution in [0.2, 0.25) is 10.0 Å². The molecule has 1 aromatic carbocycles. The van der Waals surface area contributed by atoms with Gasteiger partial charge in [0.05, 0.1) is 0 Å². The summed E-state index contributed by atoms with van der Waals surface area (Å²) in [4.78, 5) is 12.3. The highest BCUT2D eigenvalue weighted by Gasteiger charge is 2.34. The van der Waals surface area contributed by atoms with Gasteiger partial charge in [0.1, 0.15) is 0 Å². The number of ketones is 1. The van der Waals surface area contributed by atoms with Crippen LogP contribution in [0.25, 0.3) is 0 Å². The zero-order valence-electron chi connectivity index (χ0n) is 10.7. The van der Waals surface area contributed by atoms with Gasteiger partial charge in [-0.15, -0.1) is 0 Å². The number of piperidine rings is 1. The number of halogens is 2. The predicted molar refractivity (Wildman–Crippen MR) is 78.1 cm³/mol. The van der Waals surface area contributed by atoms with Crippen molar-refractivity contribution in [3.05, 3.63) is 33.8 Å². The quantitative estimate of drug-likeness (QED) is 0.851. The maximum absolute atomic E-state index is 12.3. The summed E-state index contributed by atoms with van der Waals surface area (Å²) in [6, 6.07) is 6.33. The first kappa shape index (κ1) is 13.4. The maximum atomic E-state index is 12.3. The van der Waals surface area contributed by atoms with Crippen molar-refractivity contribution in [2.45, 2.75) is 44.2 Å². The van der Waals surface area contributed by atoms with E-state index in [2.05, 4.69) is 5.32 Å². The van der Waals surface area contributed by atoms with Crippen molar-refractivity contribution in [1.29, 1.82) is 0 Å². The van der Waals surface area contributed by atoms with E-state index in [0.29, 0.717) is 40.0 Å². The Bertz CT molecular complexity index is 471. The van der Waals surface area contributed by atoms with E-state index < -0.39 is 0 Å². The number of Topliss-reactive ketones (excluding diaryl/α,β-unsaturated/α-hetero) is 1. The van der Waals surface area contributed by atoms with Crippen LogP contribution in [0.4, 0.5) is 0 Å². The van der Waals surface area contributed by atoms with Crippen LogP contribution in [0.3, 0.4) is 0 Å². The van der Waals surface area contributed by atoms with E-state index >= 15 is 0 Å². The third-order valence-corrected chi connectivity index (χ3v) is 4.67. The Morgan fingerprint density at radius 2 is 1.68 bits per heavy atom. The van der Waals surface area contributed by atoms with Gasteiger partial charge in [0, 0.05) is 34.1 Å². The molecule has 2 saturated heterocycles. The second-order valence-corrected chi connectivity index (χ2v) is 6.63. The van der Waals surface area contributed by atoms with E-state index in [9.17, 15) is 4.79 Å². The number of nitrogens with one attached hydrogen (secondary N) is 1. The highest BCUT2D eigenvalue weighted by atomic mass is 35.5. The average molecular weight is 298 g/mol. The first-order valence-electron chi connectivity index (χ1n) is 6.85. The molecule has 102 valence electrons. The van der Waals surface area contributed by atoms with Gasteiger partial charge in [0.15, 0.2) is 5.78 Å². The standard InChI is InChI=1S/C15H17Cl2NO/c16-11-6-10(7-12(17)8-11)15(19)5-9-3-13-1-2-14(4-9)18-13/h6-9,13-14,18H,1-5H2/t9-,13-,14+. The molecule has 2 heterocycles. The summed E-state index contributed by atoms with van der Waals surface area (Å²) in [7, 11) is 0. The number of hydrogen-bond donors (Lipinski definition) is 1. The summed E-state index contributed by atoms with van der Waals surface area (Å²) in [5.74, 6) is 0.666. The minimum Gasteiger partial charge on any atom is -0.311 e. The topological polar surface area (TPSA) is 29.1 Å². The SMILES string of the molecule is O=C(C[C@@H]1C[C@H]2CC[C@@H](C1)N2)c1cc(Cl)cc(Cl)c1. The predicted octanol–water partition coefficient (Wildman–Crippen LogP) is 4.10. The summed E-state index contributed by atoms with van der Waals surface area (Å²) >= 11 is 11.9. The molecule has 0 spiro atoms. The smallest absolute Gasteiger partial charge is 0.163 e. The summed E-state index contributed by atoms with van der Waals surface area (Å²) < 4.78 is 0. The summed E-state index contributed by atoms with van der Waals surface area (Å²) in [6.07, 6.45) is 5.38. The van der Waals surface area contributed by atoms with Crippen LogP contribution in [0.15, 0.2) is 18.2 Å². The van der Waals surface area contributed by atoms with Crippen LogP contribution >= 0.6 is 23.2 Å². The third kappa shape index (κ3) is 3.13. The molecule has 0 unspecified atom stereocenters. The van der Waals surface area contributed by atoms with E-state index in [-0.39, 0.29) is 5.78 Å². The molecule has 0 aromatic heterocycles. The molecule has 2 bridgehead atoms. The second-order valence-electron chi connectivity index (χ2n) is 5.76. The molecule has 0 saturated carbocycles. The fraction of sp³-hybridized carbons (Fsp3) is 0.533.